The van der Waals surface area contributed by atoms with Crippen molar-refractivity contribution >= 4 is 23.5 Å². The van der Waals surface area contributed by atoms with Crippen molar-refractivity contribution in [3.05, 3.63) is 76.4 Å². The van der Waals surface area contributed by atoms with Gasteiger partial charge in [0.05, 0.1) is 35.9 Å². The van der Waals surface area contributed by atoms with Crippen molar-refractivity contribution in [1.82, 2.24) is 20.2 Å². The smallest absolute Gasteiger partial charge is 0.381 e. The molecule has 1 unspecified atom stereocenters. The van der Waals surface area contributed by atoms with Gasteiger partial charge in [0, 0.05) is 37.9 Å². The predicted molar refractivity (Wildman–Crippen MR) is 142 cm³/mol. The van der Waals surface area contributed by atoms with Crippen LogP contribution in [-0.4, -0.2) is 52.8 Å². The molecule has 11 heteroatoms. The molecule has 0 aliphatic carbocycles. The summed E-state index contributed by atoms with van der Waals surface area (Å²) in [5, 5.41) is 6.36. The molecule has 0 radical (unpaired) electrons. The Hall–Kier alpha value is -3.21. The van der Waals surface area contributed by atoms with Gasteiger partial charge >= 0.3 is 6.18 Å². The minimum atomic E-state index is -4.41. The number of carbonyl (C=O) groups is 1. The van der Waals surface area contributed by atoms with Crippen LogP contribution in [0.15, 0.2) is 54.7 Å². The summed E-state index contributed by atoms with van der Waals surface area (Å²) in [6.07, 6.45) is -2.19. The minimum Gasteiger partial charge on any atom is -0.381 e. The van der Waals surface area contributed by atoms with Crippen LogP contribution in [-0.2, 0) is 22.6 Å². The monoisotopic (exact) mass is 559 g/mol. The van der Waals surface area contributed by atoms with E-state index < -0.39 is 24.5 Å². The van der Waals surface area contributed by atoms with Crippen molar-refractivity contribution in [2.75, 3.05) is 25.1 Å². The van der Waals surface area contributed by atoms with Gasteiger partial charge in [0.25, 0.3) is 0 Å². The molecule has 2 aliphatic rings. The molecule has 3 aromatic rings. The molecule has 3 heterocycles. The van der Waals surface area contributed by atoms with Crippen molar-refractivity contribution in [2.24, 2.45) is 0 Å². The molecular formula is C28H29ClF3N5O2. The highest BCUT2D eigenvalue weighted by atomic mass is 35.5. The van der Waals surface area contributed by atoms with Gasteiger partial charge in [-0.05, 0) is 35.6 Å². The number of alkyl halides is 3. The van der Waals surface area contributed by atoms with E-state index in [0.717, 1.165) is 29.5 Å². The van der Waals surface area contributed by atoms with E-state index in [0.29, 0.717) is 48.5 Å². The second kappa shape index (κ2) is 11.9. The van der Waals surface area contributed by atoms with Gasteiger partial charge in [-0.25, -0.2) is 9.97 Å². The fourth-order valence-corrected chi connectivity index (χ4v) is 5.20. The summed E-state index contributed by atoms with van der Waals surface area (Å²) in [6.45, 7) is 2.39. The molecule has 2 aliphatic heterocycles. The van der Waals surface area contributed by atoms with Gasteiger partial charge in [-0.15, -0.1) is 0 Å². The maximum absolute atomic E-state index is 13.2. The van der Waals surface area contributed by atoms with E-state index in [1.165, 1.54) is 0 Å². The van der Waals surface area contributed by atoms with Crippen molar-refractivity contribution in [1.29, 1.82) is 0 Å². The Balaban J connectivity index is 1.24. The van der Waals surface area contributed by atoms with Crippen LogP contribution in [0.5, 0.6) is 0 Å². The first-order valence-electron chi connectivity index (χ1n) is 12.9. The number of nitrogens with zero attached hydrogens (tertiary/aromatic N) is 3. The third-order valence-electron chi connectivity index (χ3n) is 6.91. The lowest BCUT2D eigenvalue weighted by Gasteiger charge is -2.23. The normalized spacial score (nSPS) is 17.0. The van der Waals surface area contributed by atoms with Gasteiger partial charge in [0.2, 0.25) is 11.9 Å². The highest BCUT2D eigenvalue weighted by molar-refractivity contribution is 6.32. The highest BCUT2D eigenvalue weighted by Crippen LogP contribution is 2.32. The topological polar surface area (TPSA) is 79.4 Å². The maximum atomic E-state index is 13.2. The van der Waals surface area contributed by atoms with E-state index in [-0.39, 0.29) is 12.6 Å². The number of rotatable bonds is 8. The van der Waals surface area contributed by atoms with Gasteiger partial charge in [-0.1, -0.05) is 54.1 Å². The van der Waals surface area contributed by atoms with E-state index in [4.69, 9.17) is 16.3 Å². The predicted octanol–water partition coefficient (Wildman–Crippen LogP) is 5.51. The first kappa shape index (κ1) is 27.4. The molecule has 1 fully saturated rings. The standard InChI is InChI=1S/C28H29ClF3N5O2/c29-23-14-33-27(34-22-8-10-39-11-9-22)36-26(23)19-6-7-20-15-37(16-21(20)12-19)17-25(38)35-24(13-28(30,31)32)18-4-2-1-3-5-18/h1-7,12,14,22,24H,8-11,13,15-17H2,(H,35,38)(H,33,34,36). The Kier molecular flexibility index (Phi) is 8.34. The number of carbonyl (C=O) groups excluding carboxylic acids is 1. The Morgan fingerprint density at radius 2 is 1.85 bits per heavy atom. The van der Waals surface area contributed by atoms with E-state index in [2.05, 4.69) is 20.6 Å². The number of hydrogen-bond acceptors (Lipinski definition) is 6. The number of fused-ring (bicyclic) bond motifs is 1. The molecular weight excluding hydrogens is 531 g/mol. The van der Waals surface area contributed by atoms with Crippen LogP contribution in [0.2, 0.25) is 5.02 Å². The summed E-state index contributed by atoms with van der Waals surface area (Å²) in [4.78, 5) is 23.7. The molecule has 7 nitrogen and oxygen atoms in total. The zero-order chi connectivity index (χ0) is 27.4. The third kappa shape index (κ3) is 7.26. The second-order valence-corrected chi connectivity index (χ2v) is 10.3. The molecule has 1 aromatic heterocycles. The maximum Gasteiger partial charge on any atom is 0.391 e. The Bertz CT molecular complexity index is 1300. The summed E-state index contributed by atoms with van der Waals surface area (Å²) in [5.74, 6) is 0.0516. The summed E-state index contributed by atoms with van der Waals surface area (Å²) < 4.78 is 45.0. The summed E-state index contributed by atoms with van der Waals surface area (Å²) in [7, 11) is 0. The lowest BCUT2D eigenvalue weighted by Crippen LogP contribution is -2.38. The van der Waals surface area contributed by atoms with Crippen molar-refractivity contribution < 1.29 is 22.7 Å². The summed E-state index contributed by atoms with van der Waals surface area (Å²) in [5.41, 5.74) is 3.93. The number of amides is 1. The van der Waals surface area contributed by atoms with Gasteiger partial charge in [-0.3, -0.25) is 9.69 Å². The molecule has 2 aromatic carbocycles. The van der Waals surface area contributed by atoms with Gasteiger partial charge in [0.1, 0.15) is 0 Å². The van der Waals surface area contributed by atoms with E-state index >= 15 is 0 Å². The lowest BCUT2D eigenvalue weighted by molar-refractivity contribution is -0.143. The molecule has 206 valence electrons. The van der Waals surface area contributed by atoms with Crippen LogP contribution in [0.25, 0.3) is 11.3 Å². The molecule has 39 heavy (non-hydrogen) atoms. The molecule has 0 bridgehead atoms. The average Bonchev–Trinajstić information content (AvgIpc) is 3.31. The fourth-order valence-electron chi connectivity index (χ4n) is 5.00. The summed E-state index contributed by atoms with van der Waals surface area (Å²) >= 11 is 6.45. The molecule has 5 rings (SSSR count). The van der Waals surface area contributed by atoms with Crippen LogP contribution in [0, 0.1) is 0 Å². The second-order valence-electron chi connectivity index (χ2n) is 9.90. The van der Waals surface area contributed by atoms with Crippen molar-refractivity contribution in [2.45, 2.75) is 50.6 Å². The number of ether oxygens (including phenoxy) is 1. The van der Waals surface area contributed by atoms with Crippen LogP contribution in [0.3, 0.4) is 0 Å². The van der Waals surface area contributed by atoms with Crippen LogP contribution >= 0.6 is 11.6 Å². The first-order chi connectivity index (χ1) is 18.7. The fraction of sp³-hybridized carbons (Fsp3) is 0.393. The van der Waals surface area contributed by atoms with E-state index in [9.17, 15) is 18.0 Å². The van der Waals surface area contributed by atoms with Crippen LogP contribution in [0.4, 0.5) is 19.1 Å². The molecule has 2 N–H and O–H groups in total. The van der Waals surface area contributed by atoms with Crippen LogP contribution < -0.4 is 10.6 Å². The average molecular weight is 560 g/mol. The minimum absolute atomic E-state index is 0.0152. The van der Waals surface area contributed by atoms with Crippen molar-refractivity contribution in [3.8, 4) is 11.3 Å². The first-order valence-corrected chi connectivity index (χ1v) is 13.2. The zero-order valence-corrected chi connectivity index (χ0v) is 21.9. The van der Waals surface area contributed by atoms with Gasteiger partial charge in [0.15, 0.2) is 0 Å². The Morgan fingerprint density at radius 3 is 2.59 bits per heavy atom. The molecule has 1 atom stereocenters. The molecule has 0 spiro atoms. The Labute approximate surface area is 229 Å². The van der Waals surface area contributed by atoms with E-state index in [1.54, 1.807) is 36.5 Å². The number of hydrogen-bond donors (Lipinski definition) is 2. The largest absolute Gasteiger partial charge is 0.391 e. The number of halogens is 4. The molecule has 0 saturated carbocycles. The zero-order valence-electron chi connectivity index (χ0n) is 21.2. The third-order valence-corrected chi connectivity index (χ3v) is 7.18. The quantitative estimate of drug-likeness (QED) is 0.379. The number of benzene rings is 2. The number of nitrogens with one attached hydrogen (secondary N) is 2. The number of aromatic nitrogens is 2. The molecule has 1 saturated heterocycles. The van der Waals surface area contributed by atoms with Gasteiger partial charge < -0.3 is 15.4 Å². The Morgan fingerprint density at radius 1 is 1.10 bits per heavy atom. The SMILES string of the molecule is O=C(CN1Cc2ccc(-c3nc(NC4CCOCC4)ncc3Cl)cc2C1)NC(CC(F)(F)F)c1ccccc1. The molecule has 1 amide bonds. The van der Waals surface area contributed by atoms with Crippen LogP contribution in [0.1, 0.15) is 42.0 Å². The van der Waals surface area contributed by atoms with Gasteiger partial charge in [-0.2, -0.15) is 13.2 Å². The van der Waals surface area contributed by atoms with Crippen molar-refractivity contribution in [3.63, 3.8) is 0 Å². The van der Waals surface area contributed by atoms with E-state index in [1.807, 2.05) is 23.1 Å². The lowest BCUT2D eigenvalue weighted by atomic mass is 10.0. The highest BCUT2D eigenvalue weighted by Gasteiger charge is 2.34. The summed E-state index contributed by atoms with van der Waals surface area (Å²) in [6, 6.07) is 13.2. The number of anilines is 1.